The summed E-state index contributed by atoms with van der Waals surface area (Å²) in [4.78, 5) is 25.2. The summed E-state index contributed by atoms with van der Waals surface area (Å²) in [6.07, 6.45) is 0. The Kier molecular flexibility index (Phi) is 7.21. The SMILES string of the molecule is Cc1ccccc1-c1ccc(C(=O)CSCC(=O)c2ccc(-c3ccccc3C)cc2)cc1. The van der Waals surface area contributed by atoms with Crippen LogP contribution in [0.25, 0.3) is 22.3 Å². The lowest BCUT2D eigenvalue weighted by molar-refractivity contribution is 0.102. The molecule has 164 valence electrons. The molecule has 0 aliphatic carbocycles. The third-order valence-corrected chi connectivity index (χ3v) is 6.72. The summed E-state index contributed by atoms with van der Waals surface area (Å²) >= 11 is 1.37. The Hall–Kier alpha value is -3.43. The van der Waals surface area contributed by atoms with Crippen LogP contribution in [0.5, 0.6) is 0 Å². The first kappa shape index (κ1) is 22.8. The van der Waals surface area contributed by atoms with Crippen LogP contribution < -0.4 is 0 Å². The fourth-order valence-corrected chi connectivity index (χ4v) is 4.67. The normalized spacial score (nSPS) is 10.7. The van der Waals surface area contributed by atoms with E-state index in [-0.39, 0.29) is 23.1 Å². The molecule has 0 amide bonds. The molecule has 0 spiro atoms. The van der Waals surface area contributed by atoms with Gasteiger partial charge in [0.05, 0.1) is 11.5 Å². The number of benzene rings is 4. The number of ketones is 2. The average molecular weight is 451 g/mol. The summed E-state index contributed by atoms with van der Waals surface area (Å²) in [5.74, 6) is 0.658. The Morgan fingerprint density at radius 1 is 0.545 bits per heavy atom. The second kappa shape index (κ2) is 10.5. The van der Waals surface area contributed by atoms with Gasteiger partial charge in [-0.2, -0.15) is 0 Å². The highest BCUT2D eigenvalue weighted by atomic mass is 32.2. The van der Waals surface area contributed by atoms with E-state index in [1.807, 2.05) is 72.8 Å². The lowest BCUT2D eigenvalue weighted by Crippen LogP contribution is -2.07. The van der Waals surface area contributed by atoms with Crippen LogP contribution >= 0.6 is 11.8 Å². The van der Waals surface area contributed by atoms with E-state index in [1.165, 1.54) is 34.0 Å². The van der Waals surface area contributed by atoms with Crippen LogP contribution in [0.3, 0.4) is 0 Å². The molecule has 0 fully saturated rings. The minimum Gasteiger partial charge on any atom is -0.293 e. The van der Waals surface area contributed by atoms with E-state index in [9.17, 15) is 9.59 Å². The average Bonchev–Trinajstić information content (AvgIpc) is 2.85. The summed E-state index contributed by atoms with van der Waals surface area (Å²) in [5, 5.41) is 0. The minimum atomic E-state index is 0.0408. The Bertz CT molecular complexity index is 1170. The van der Waals surface area contributed by atoms with Crippen molar-refractivity contribution in [1.82, 2.24) is 0 Å². The van der Waals surface area contributed by atoms with Gasteiger partial charge in [-0.25, -0.2) is 0 Å². The van der Waals surface area contributed by atoms with Gasteiger partial charge < -0.3 is 0 Å². The number of carbonyl (C=O) groups is 2. The molecule has 0 radical (unpaired) electrons. The molecule has 0 bridgehead atoms. The maximum Gasteiger partial charge on any atom is 0.172 e. The Morgan fingerprint density at radius 2 is 0.909 bits per heavy atom. The fourth-order valence-electron chi connectivity index (χ4n) is 3.87. The van der Waals surface area contributed by atoms with Crippen molar-refractivity contribution in [2.45, 2.75) is 13.8 Å². The van der Waals surface area contributed by atoms with Gasteiger partial charge in [0.1, 0.15) is 0 Å². The Labute approximate surface area is 199 Å². The van der Waals surface area contributed by atoms with Crippen molar-refractivity contribution >= 4 is 23.3 Å². The highest BCUT2D eigenvalue weighted by molar-refractivity contribution is 8.00. The summed E-state index contributed by atoms with van der Waals surface area (Å²) in [6.45, 7) is 4.16. The lowest BCUT2D eigenvalue weighted by Gasteiger charge is -2.08. The molecular formula is C30H26O2S. The van der Waals surface area contributed by atoms with Crippen molar-refractivity contribution in [2.75, 3.05) is 11.5 Å². The van der Waals surface area contributed by atoms with E-state index < -0.39 is 0 Å². The van der Waals surface area contributed by atoms with E-state index in [0.29, 0.717) is 11.1 Å². The van der Waals surface area contributed by atoms with Crippen molar-refractivity contribution in [3.63, 3.8) is 0 Å². The van der Waals surface area contributed by atoms with Gasteiger partial charge in [-0.15, -0.1) is 11.8 Å². The molecule has 0 saturated heterocycles. The molecule has 0 unspecified atom stereocenters. The number of hydrogen-bond acceptors (Lipinski definition) is 3. The molecule has 0 aromatic heterocycles. The zero-order valence-electron chi connectivity index (χ0n) is 18.9. The first-order valence-electron chi connectivity index (χ1n) is 11.0. The lowest BCUT2D eigenvalue weighted by atomic mass is 9.99. The van der Waals surface area contributed by atoms with E-state index in [1.54, 1.807) is 0 Å². The van der Waals surface area contributed by atoms with Crippen molar-refractivity contribution < 1.29 is 9.59 Å². The van der Waals surface area contributed by atoms with Gasteiger partial charge in [-0.1, -0.05) is 97.1 Å². The van der Waals surface area contributed by atoms with Crippen molar-refractivity contribution in [2.24, 2.45) is 0 Å². The highest BCUT2D eigenvalue weighted by Gasteiger charge is 2.11. The van der Waals surface area contributed by atoms with Crippen molar-refractivity contribution in [3.8, 4) is 22.3 Å². The van der Waals surface area contributed by atoms with Gasteiger partial charge in [0.2, 0.25) is 0 Å². The topological polar surface area (TPSA) is 34.1 Å². The first-order chi connectivity index (χ1) is 16.0. The molecule has 0 heterocycles. The van der Waals surface area contributed by atoms with E-state index in [2.05, 4.69) is 38.1 Å². The van der Waals surface area contributed by atoms with Crippen LogP contribution in [-0.4, -0.2) is 23.1 Å². The number of Topliss-reactive ketones (excluding diaryl/α,β-unsaturated/α-hetero) is 2. The second-order valence-electron chi connectivity index (χ2n) is 8.12. The van der Waals surface area contributed by atoms with E-state index >= 15 is 0 Å². The predicted molar refractivity (Wildman–Crippen MR) is 139 cm³/mol. The second-order valence-corrected chi connectivity index (χ2v) is 9.11. The zero-order chi connectivity index (χ0) is 23.2. The number of thioether (sulfide) groups is 1. The molecule has 0 saturated carbocycles. The van der Waals surface area contributed by atoms with Gasteiger partial charge in [0, 0.05) is 11.1 Å². The molecule has 0 aliphatic heterocycles. The third-order valence-electron chi connectivity index (χ3n) is 5.79. The first-order valence-corrected chi connectivity index (χ1v) is 12.1. The van der Waals surface area contributed by atoms with Crippen LogP contribution in [0.15, 0.2) is 97.1 Å². The number of aryl methyl sites for hydroxylation is 2. The monoisotopic (exact) mass is 450 g/mol. The molecule has 33 heavy (non-hydrogen) atoms. The molecule has 3 heteroatoms. The van der Waals surface area contributed by atoms with E-state index in [4.69, 9.17) is 0 Å². The molecule has 0 aliphatic rings. The van der Waals surface area contributed by atoms with Crippen LogP contribution in [0.2, 0.25) is 0 Å². The van der Waals surface area contributed by atoms with Crippen molar-refractivity contribution in [1.29, 1.82) is 0 Å². The minimum absolute atomic E-state index is 0.0408. The molecule has 0 N–H and O–H groups in total. The van der Waals surface area contributed by atoms with Gasteiger partial charge in [-0.3, -0.25) is 9.59 Å². The standard InChI is InChI=1S/C30H26O2S/c1-21-7-3-5-9-27(21)23-11-15-25(16-12-23)29(31)19-33-20-30(32)26-17-13-24(14-18-26)28-10-6-4-8-22(28)2/h3-18H,19-20H2,1-2H3. The molecule has 0 atom stereocenters. The largest absolute Gasteiger partial charge is 0.293 e. The maximum atomic E-state index is 12.6. The van der Waals surface area contributed by atoms with Crippen molar-refractivity contribution in [3.05, 3.63) is 119 Å². The van der Waals surface area contributed by atoms with Gasteiger partial charge in [-0.05, 0) is 47.2 Å². The quantitative estimate of drug-likeness (QED) is 0.262. The van der Waals surface area contributed by atoms with Gasteiger partial charge in [0.15, 0.2) is 11.6 Å². The number of rotatable bonds is 8. The van der Waals surface area contributed by atoms with E-state index in [0.717, 1.165) is 11.1 Å². The highest BCUT2D eigenvalue weighted by Crippen LogP contribution is 2.25. The third kappa shape index (κ3) is 5.50. The summed E-state index contributed by atoms with van der Waals surface area (Å²) in [5.41, 5.74) is 8.30. The molecule has 2 nitrogen and oxygen atoms in total. The van der Waals surface area contributed by atoms with Gasteiger partial charge >= 0.3 is 0 Å². The predicted octanol–water partition coefficient (Wildman–Crippen LogP) is 7.44. The van der Waals surface area contributed by atoms with Crippen LogP contribution in [0.4, 0.5) is 0 Å². The smallest absolute Gasteiger partial charge is 0.172 e. The summed E-state index contributed by atoms with van der Waals surface area (Å²) in [6, 6.07) is 31.9. The van der Waals surface area contributed by atoms with Crippen LogP contribution in [0, 0.1) is 13.8 Å². The summed E-state index contributed by atoms with van der Waals surface area (Å²) in [7, 11) is 0. The van der Waals surface area contributed by atoms with Crippen LogP contribution in [-0.2, 0) is 0 Å². The zero-order valence-corrected chi connectivity index (χ0v) is 19.7. The Balaban J connectivity index is 1.32. The van der Waals surface area contributed by atoms with Gasteiger partial charge in [0.25, 0.3) is 0 Å². The summed E-state index contributed by atoms with van der Waals surface area (Å²) < 4.78 is 0. The number of carbonyl (C=O) groups excluding carboxylic acids is 2. The maximum absolute atomic E-state index is 12.6. The fraction of sp³-hybridized carbons (Fsp3) is 0.133. The molecule has 4 rings (SSSR count). The Morgan fingerprint density at radius 3 is 1.27 bits per heavy atom. The molecular weight excluding hydrogens is 424 g/mol. The molecule has 4 aromatic rings. The van der Waals surface area contributed by atoms with Crippen LogP contribution in [0.1, 0.15) is 31.8 Å². The number of hydrogen-bond donors (Lipinski definition) is 0. The molecule has 4 aromatic carbocycles.